The molecule has 1 aliphatic heterocycles. The Bertz CT molecular complexity index is 1160. The largest absolute Gasteiger partial charge is 0.421 e. The van der Waals surface area contributed by atoms with E-state index in [1.54, 1.807) is 17.5 Å². The first-order valence-electron chi connectivity index (χ1n) is 10.3. The van der Waals surface area contributed by atoms with E-state index in [2.05, 4.69) is 25.1 Å². The molecule has 4 aromatic rings. The number of aromatic nitrogens is 4. The minimum atomic E-state index is 0.112. The van der Waals surface area contributed by atoms with E-state index in [-0.39, 0.29) is 5.91 Å². The molecule has 4 heterocycles. The maximum absolute atomic E-state index is 12.7. The normalized spacial score (nSPS) is 14.4. The fraction of sp³-hybridized carbons (Fsp3) is 0.318. The van der Waals surface area contributed by atoms with Crippen LogP contribution in [0.15, 0.2) is 47.0 Å². The number of thiazole rings is 1. The van der Waals surface area contributed by atoms with Crippen molar-refractivity contribution in [3.63, 3.8) is 0 Å². The summed E-state index contributed by atoms with van der Waals surface area (Å²) in [5, 5.41) is 9.17. The zero-order valence-corrected chi connectivity index (χ0v) is 18.0. The van der Waals surface area contributed by atoms with Crippen LogP contribution in [-0.2, 0) is 11.2 Å². The van der Waals surface area contributed by atoms with E-state index >= 15 is 0 Å². The number of anilines is 1. The lowest BCUT2D eigenvalue weighted by molar-refractivity contribution is -0.131. The molecule has 5 rings (SSSR count). The fourth-order valence-electron chi connectivity index (χ4n) is 3.58. The predicted octanol–water partition coefficient (Wildman–Crippen LogP) is 3.33. The van der Waals surface area contributed by atoms with Crippen molar-refractivity contribution >= 4 is 32.7 Å². The van der Waals surface area contributed by atoms with Gasteiger partial charge in [-0.2, -0.15) is 0 Å². The summed E-state index contributed by atoms with van der Waals surface area (Å²) in [5.74, 6) is 1.09. The smallest absolute Gasteiger partial charge is 0.247 e. The first-order valence-corrected chi connectivity index (χ1v) is 11.1. The molecule has 3 aromatic heterocycles. The molecule has 1 amide bonds. The monoisotopic (exact) mass is 434 g/mol. The van der Waals surface area contributed by atoms with Crippen LogP contribution in [0.25, 0.3) is 21.8 Å². The molecule has 0 unspecified atom stereocenters. The highest BCUT2D eigenvalue weighted by atomic mass is 32.1. The van der Waals surface area contributed by atoms with E-state index in [1.807, 2.05) is 48.2 Å². The molecule has 0 radical (unpaired) electrons. The molecule has 8 nitrogen and oxygen atoms in total. The minimum absolute atomic E-state index is 0.112. The first kappa shape index (κ1) is 19.6. The Morgan fingerprint density at radius 3 is 2.68 bits per heavy atom. The van der Waals surface area contributed by atoms with E-state index in [9.17, 15) is 4.79 Å². The molecule has 158 valence electrons. The Labute approximate surface area is 183 Å². The van der Waals surface area contributed by atoms with Gasteiger partial charge >= 0.3 is 0 Å². The summed E-state index contributed by atoms with van der Waals surface area (Å²) in [7, 11) is 0. The lowest BCUT2D eigenvalue weighted by Crippen LogP contribution is -2.48. The number of carbonyl (C=O) groups excluding carboxylic acids is 1. The van der Waals surface area contributed by atoms with Crippen molar-refractivity contribution in [2.45, 2.75) is 19.8 Å². The average Bonchev–Trinajstić information content (AvgIpc) is 3.45. The van der Waals surface area contributed by atoms with Gasteiger partial charge in [-0.25, -0.2) is 9.97 Å². The highest BCUT2D eigenvalue weighted by Crippen LogP contribution is 2.27. The molecule has 0 atom stereocenters. The minimum Gasteiger partial charge on any atom is -0.421 e. The number of piperazine rings is 1. The highest BCUT2D eigenvalue weighted by molar-refractivity contribution is 7.21. The van der Waals surface area contributed by atoms with Crippen molar-refractivity contribution in [1.29, 1.82) is 0 Å². The Morgan fingerprint density at radius 2 is 1.90 bits per heavy atom. The second kappa shape index (κ2) is 8.43. The number of rotatable bonds is 5. The molecule has 9 heteroatoms. The van der Waals surface area contributed by atoms with E-state index in [1.165, 1.54) is 5.56 Å². The fourth-order valence-corrected chi connectivity index (χ4v) is 4.54. The topological polar surface area (TPSA) is 88.3 Å². The van der Waals surface area contributed by atoms with Crippen LogP contribution in [0.2, 0.25) is 0 Å². The van der Waals surface area contributed by atoms with E-state index in [0.717, 1.165) is 34.1 Å². The number of hydrogen-bond acceptors (Lipinski definition) is 8. The second-order valence-electron chi connectivity index (χ2n) is 7.56. The molecular formula is C22H22N6O2S. The van der Waals surface area contributed by atoms with E-state index in [0.29, 0.717) is 37.7 Å². The molecule has 1 aromatic carbocycles. The summed E-state index contributed by atoms with van der Waals surface area (Å²) < 4.78 is 5.74. The molecule has 0 saturated carbocycles. The third-order valence-electron chi connectivity index (χ3n) is 5.38. The van der Waals surface area contributed by atoms with Gasteiger partial charge in [0, 0.05) is 50.8 Å². The van der Waals surface area contributed by atoms with Crippen molar-refractivity contribution < 1.29 is 9.21 Å². The van der Waals surface area contributed by atoms with Crippen LogP contribution in [0.4, 0.5) is 5.13 Å². The molecule has 0 bridgehead atoms. The Kier molecular flexibility index (Phi) is 5.33. The number of fused-ring (bicyclic) bond motifs is 1. The van der Waals surface area contributed by atoms with Gasteiger partial charge in [-0.1, -0.05) is 29.0 Å². The van der Waals surface area contributed by atoms with Crippen molar-refractivity contribution in [3.8, 4) is 11.5 Å². The van der Waals surface area contributed by atoms with E-state index in [4.69, 9.17) is 4.42 Å². The summed E-state index contributed by atoms with van der Waals surface area (Å²) >= 11 is 1.59. The zero-order valence-electron chi connectivity index (χ0n) is 17.2. The van der Waals surface area contributed by atoms with Crippen molar-refractivity contribution in [3.05, 3.63) is 54.0 Å². The van der Waals surface area contributed by atoms with E-state index < -0.39 is 0 Å². The predicted molar refractivity (Wildman–Crippen MR) is 119 cm³/mol. The van der Waals surface area contributed by atoms with Gasteiger partial charge in [0.1, 0.15) is 10.3 Å². The van der Waals surface area contributed by atoms with Crippen LogP contribution >= 0.6 is 11.3 Å². The molecule has 0 spiro atoms. The average molecular weight is 435 g/mol. The summed E-state index contributed by atoms with van der Waals surface area (Å²) in [6, 6.07) is 11.8. The Balaban J connectivity index is 1.14. The number of aryl methyl sites for hydroxylation is 2. The SMILES string of the molecule is Cc1ccc(-c2nnc(CCC(=O)N3CCN(c4nc5cccnc5s4)CC3)o2)cc1. The van der Waals surface area contributed by atoms with Crippen molar-refractivity contribution in [2.24, 2.45) is 0 Å². The van der Waals surface area contributed by atoms with Gasteiger partial charge < -0.3 is 14.2 Å². The van der Waals surface area contributed by atoms with Crippen LogP contribution in [0.5, 0.6) is 0 Å². The maximum atomic E-state index is 12.7. The highest BCUT2D eigenvalue weighted by Gasteiger charge is 2.23. The van der Waals surface area contributed by atoms with Crippen LogP contribution in [-0.4, -0.2) is 57.2 Å². The summed E-state index contributed by atoms with van der Waals surface area (Å²) in [4.78, 5) is 26.8. The Morgan fingerprint density at radius 1 is 1.10 bits per heavy atom. The van der Waals surface area contributed by atoms with Crippen LogP contribution in [0.3, 0.4) is 0 Å². The molecule has 0 aliphatic carbocycles. The summed E-state index contributed by atoms with van der Waals surface area (Å²) in [5.41, 5.74) is 2.98. The van der Waals surface area contributed by atoms with Gasteiger partial charge in [-0.05, 0) is 31.2 Å². The molecule has 1 fully saturated rings. The Hall–Kier alpha value is -3.33. The molecule has 1 saturated heterocycles. The molecule has 1 aliphatic rings. The van der Waals surface area contributed by atoms with Gasteiger partial charge in [0.2, 0.25) is 17.7 Å². The zero-order chi connectivity index (χ0) is 21.2. The van der Waals surface area contributed by atoms with Crippen molar-refractivity contribution in [2.75, 3.05) is 31.1 Å². The lowest BCUT2D eigenvalue weighted by atomic mass is 10.1. The van der Waals surface area contributed by atoms with Gasteiger partial charge in [-0.15, -0.1) is 10.2 Å². The maximum Gasteiger partial charge on any atom is 0.247 e. The third kappa shape index (κ3) is 4.27. The van der Waals surface area contributed by atoms with Crippen LogP contribution < -0.4 is 4.90 Å². The third-order valence-corrected chi connectivity index (χ3v) is 6.42. The molecule has 0 N–H and O–H groups in total. The van der Waals surface area contributed by atoms with Crippen LogP contribution in [0, 0.1) is 6.92 Å². The summed E-state index contributed by atoms with van der Waals surface area (Å²) in [6.45, 7) is 4.93. The molecule has 31 heavy (non-hydrogen) atoms. The first-order chi connectivity index (χ1) is 15.2. The van der Waals surface area contributed by atoms with Gasteiger partial charge in [0.25, 0.3) is 0 Å². The van der Waals surface area contributed by atoms with Gasteiger partial charge in [0.05, 0.1) is 0 Å². The quantitative estimate of drug-likeness (QED) is 0.476. The summed E-state index contributed by atoms with van der Waals surface area (Å²) in [6.07, 6.45) is 2.59. The number of hydrogen-bond donors (Lipinski definition) is 0. The second-order valence-corrected chi connectivity index (χ2v) is 8.51. The number of pyridine rings is 1. The standard InChI is InChI=1S/C22H22N6O2S/c1-15-4-6-16(7-5-15)20-26-25-18(30-20)8-9-19(29)27-11-13-28(14-12-27)22-24-17-3-2-10-23-21(17)31-22/h2-7,10H,8-9,11-14H2,1H3. The van der Waals surface area contributed by atoms with Gasteiger partial charge in [-0.3, -0.25) is 4.79 Å². The van der Waals surface area contributed by atoms with Gasteiger partial charge in [0.15, 0.2) is 5.13 Å². The number of benzene rings is 1. The lowest BCUT2D eigenvalue weighted by Gasteiger charge is -2.34. The number of nitrogens with zero attached hydrogens (tertiary/aromatic N) is 6. The number of carbonyl (C=O) groups is 1. The molecular weight excluding hydrogens is 412 g/mol. The number of amides is 1. The van der Waals surface area contributed by atoms with Crippen molar-refractivity contribution in [1.82, 2.24) is 25.1 Å². The van der Waals surface area contributed by atoms with Crippen LogP contribution in [0.1, 0.15) is 17.9 Å².